The van der Waals surface area contributed by atoms with Crippen molar-refractivity contribution in [1.29, 1.82) is 0 Å². The number of hydrogen-bond acceptors (Lipinski definition) is 3. The molecule has 0 atom stereocenters. The standard InChI is InChI=1S/C17H17N3O2/c18-15-4-2-1-3-13(15)17(22)19-8-7-11-10-20-16-6-5-12(21)9-14(11)16/h1-6,9-10,20-21H,7-8,18H2,(H,19,22). The minimum Gasteiger partial charge on any atom is -0.508 e. The quantitative estimate of drug-likeness (QED) is 0.557. The van der Waals surface area contributed by atoms with Crippen LogP contribution in [0.25, 0.3) is 10.9 Å². The van der Waals surface area contributed by atoms with Gasteiger partial charge in [0, 0.05) is 29.3 Å². The lowest BCUT2D eigenvalue weighted by molar-refractivity contribution is 0.0955. The molecule has 3 aromatic rings. The zero-order valence-electron chi connectivity index (χ0n) is 12.0. The Balaban J connectivity index is 1.66. The molecule has 1 aromatic heterocycles. The third kappa shape index (κ3) is 2.74. The Morgan fingerprint density at radius 2 is 2.05 bits per heavy atom. The molecule has 5 heteroatoms. The van der Waals surface area contributed by atoms with E-state index in [0.717, 1.165) is 16.5 Å². The van der Waals surface area contributed by atoms with Crippen molar-refractivity contribution in [2.75, 3.05) is 12.3 Å². The average molecular weight is 295 g/mol. The largest absolute Gasteiger partial charge is 0.508 e. The Hall–Kier alpha value is -2.95. The first-order valence-corrected chi connectivity index (χ1v) is 7.07. The highest BCUT2D eigenvalue weighted by Crippen LogP contribution is 2.23. The fourth-order valence-corrected chi connectivity index (χ4v) is 2.48. The van der Waals surface area contributed by atoms with Crippen LogP contribution < -0.4 is 11.1 Å². The van der Waals surface area contributed by atoms with E-state index in [2.05, 4.69) is 10.3 Å². The first-order chi connectivity index (χ1) is 10.6. The number of fused-ring (bicyclic) bond motifs is 1. The molecule has 0 aliphatic heterocycles. The number of nitrogens with one attached hydrogen (secondary N) is 2. The van der Waals surface area contributed by atoms with Crippen LogP contribution in [0.4, 0.5) is 5.69 Å². The molecule has 2 aromatic carbocycles. The molecule has 0 bridgehead atoms. The maximum absolute atomic E-state index is 12.1. The molecule has 0 radical (unpaired) electrons. The molecule has 0 saturated carbocycles. The zero-order valence-corrected chi connectivity index (χ0v) is 12.0. The average Bonchev–Trinajstić information content (AvgIpc) is 2.90. The van der Waals surface area contributed by atoms with Crippen molar-refractivity contribution in [1.82, 2.24) is 10.3 Å². The van der Waals surface area contributed by atoms with Crippen molar-refractivity contribution in [3.05, 3.63) is 59.8 Å². The van der Waals surface area contributed by atoms with Gasteiger partial charge in [0.25, 0.3) is 5.91 Å². The lowest BCUT2D eigenvalue weighted by Crippen LogP contribution is -2.26. The molecule has 0 aliphatic carbocycles. The zero-order chi connectivity index (χ0) is 15.5. The van der Waals surface area contributed by atoms with Crippen LogP contribution >= 0.6 is 0 Å². The summed E-state index contributed by atoms with van der Waals surface area (Å²) in [5, 5.41) is 13.4. The molecule has 1 heterocycles. The van der Waals surface area contributed by atoms with Gasteiger partial charge >= 0.3 is 0 Å². The number of para-hydroxylation sites is 1. The molecule has 112 valence electrons. The molecular weight excluding hydrogens is 278 g/mol. The molecule has 0 aliphatic rings. The van der Waals surface area contributed by atoms with Gasteiger partial charge in [0.1, 0.15) is 5.75 Å². The van der Waals surface area contributed by atoms with Gasteiger partial charge in [-0.3, -0.25) is 4.79 Å². The first-order valence-electron chi connectivity index (χ1n) is 7.07. The second-order valence-electron chi connectivity index (χ2n) is 5.14. The summed E-state index contributed by atoms with van der Waals surface area (Å²) in [5.74, 6) is 0.0511. The van der Waals surface area contributed by atoms with Gasteiger partial charge in [-0.25, -0.2) is 0 Å². The molecule has 0 unspecified atom stereocenters. The molecule has 3 rings (SSSR count). The van der Waals surface area contributed by atoms with Crippen molar-refractivity contribution in [3.63, 3.8) is 0 Å². The molecule has 0 spiro atoms. The van der Waals surface area contributed by atoms with E-state index in [0.29, 0.717) is 24.2 Å². The third-order valence-corrected chi connectivity index (χ3v) is 3.64. The van der Waals surface area contributed by atoms with Crippen LogP contribution in [0.5, 0.6) is 5.75 Å². The predicted molar refractivity (Wildman–Crippen MR) is 86.9 cm³/mol. The van der Waals surface area contributed by atoms with E-state index in [-0.39, 0.29) is 11.7 Å². The van der Waals surface area contributed by atoms with Crippen LogP contribution in [0.1, 0.15) is 15.9 Å². The minimum absolute atomic E-state index is 0.180. The van der Waals surface area contributed by atoms with Gasteiger partial charge in [-0.2, -0.15) is 0 Å². The molecule has 5 N–H and O–H groups in total. The van der Waals surface area contributed by atoms with Crippen LogP contribution in [0.15, 0.2) is 48.7 Å². The number of hydrogen-bond donors (Lipinski definition) is 4. The Labute approximate surface area is 127 Å². The summed E-state index contributed by atoms with van der Waals surface area (Å²) >= 11 is 0. The van der Waals surface area contributed by atoms with Crippen LogP contribution in [-0.2, 0) is 6.42 Å². The molecule has 0 saturated heterocycles. The summed E-state index contributed by atoms with van der Waals surface area (Å²) in [6.07, 6.45) is 2.56. The first kappa shape index (κ1) is 14.0. The van der Waals surface area contributed by atoms with Gasteiger partial charge in [-0.1, -0.05) is 12.1 Å². The normalized spacial score (nSPS) is 10.7. The van der Waals surface area contributed by atoms with Crippen molar-refractivity contribution >= 4 is 22.5 Å². The number of amides is 1. The van der Waals surface area contributed by atoms with Crippen molar-refractivity contribution in [2.45, 2.75) is 6.42 Å². The Kier molecular flexibility index (Phi) is 3.70. The third-order valence-electron chi connectivity index (χ3n) is 3.64. The summed E-state index contributed by atoms with van der Waals surface area (Å²) in [7, 11) is 0. The fourth-order valence-electron chi connectivity index (χ4n) is 2.48. The van der Waals surface area contributed by atoms with E-state index < -0.39 is 0 Å². The van der Waals surface area contributed by atoms with E-state index in [1.165, 1.54) is 0 Å². The smallest absolute Gasteiger partial charge is 0.253 e. The van der Waals surface area contributed by atoms with Gasteiger partial charge in [0.2, 0.25) is 0 Å². The number of nitrogens with two attached hydrogens (primary N) is 1. The van der Waals surface area contributed by atoms with Crippen LogP contribution in [0, 0.1) is 0 Å². The Morgan fingerprint density at radius 1 is 1.23 bits per heavy atom. The number of benzene rings is 2. The highest BCUT2D eigenvalue weighted by Gasteiger charge is 2.09. The number of rotatable bonds is 4. The van der Waals surface area contributed by atoms with E-state index in [1.54, 1.807) is 36.4 Å². The minimum atomic E-state index is -0.180. The van der Waals surface area contributed by atoms with Crippen LogP contribution in [-0.4, -0.2) is 22.5 Å². The fraction of sp³-hybridized carbons (Fsp3) is 0.118. The topological polar surface area (TPSA) is 91.1 Å². The number of phenols is 1. The second kappa shape index (κ2) is 5.81. The van der Waals surface area contributed by atoms with Crippen LogP contribution in [0.2, 0.25) is 0 Å². The van der Waals surface area contributed by atoms with Gasteiger partial charge in [-0.05, 0) is 42.3 Å². The highest BCUT2D eigenvalue weighted by atomic mass is 16.3. The van der Waals surface area contributed by atoms with Crippen molar-refractivity contribution in [3.8, 4) is 5.75 Å². The van der Waals surface area contributed by atoms with E-state index >= 15 is 0 Å². The van der Waals surface area contributed by atoms with Crippen molar-refractivity contribution < 1.29 is 9.90 Å². The summed E-state index contributed by atoms with van der Waals surface area (Å²) < 4.78 is 0. The lowest BCUT2D eigenvalue weighted by atomic mass is 10.1. The maximum atomic E-state index is 12.1. The summed E-state index contributed by atoms with van der Waals surface area (Å²) in [5.41, 5.74) is 8.75. The summed E-state index contributed by atoms with van der Waals surface area (Å²) in [6.45, 7) is 0.496. The summed E-state index contributed by atoms with van der Waals surface area (Å²) in [6, 6.07) is 12.2. The van der Waals surface area contributed by atoms with Gasteiger partial charge < -0.3 is 21.1 Å². The highest BCUT2D eigenvalue weighted by molar-refractivity contribution is 5.99. The Bertz CT molecular complexity index is 824. The lowest BCUT2D eigenvalue weighted by Gasteiger charge is -2.07. The molecule has 5 nitrogen and oxygen atoms in total. The number of carbonyl (C=O) groups is 1. The number of aromatic amines is 1. The predicted octanol–water partition coefficient (Wildman–Crippen LogP) is 2.43. The number of phenolic OH excluding ortho intramolecular Hbond substituents is 1. The number of H-pyrrole nitrogens is 1. The number of nitrogen functional groups attached to an aromatic ring is 1. The molecule has 22 heavy (non-hydrogen) atoms. The summed E-state index contributed by atoms with van der Waals surface area (Å²) in [4.78, 5) is 15.2. The number of anilines is 1. The maximum Gasteiger partial charge on any atom is 0.253 e. The monoisotopic (exact) mass is 295 g/mol. The number of aromatic hydroxyl groups is 1. The van der Waals surface area contributed by atoms with Crippen LogP contribution in [0.3, 0.4) is 0 Å². The van der Waals surface area contributed by atoms with Gasteiger partial charge in [-0.15, -0.1) is 0 Å². The SMILES string of the molecule is Nc1ccccc1C(=O)NCCc1c[nH]c2ccc(O)cc12. The van der Waals surface area contributed by atoms with Crippen molar-refractivity contribution in [2.24, 2.45) is 0 Å². The number of carbonyl (C=O) groups excluding carboxylic acids is 1. The van der Waals surface area contributed by atoms with E-state index in [1.807, 2.05) is 12.3 Å². The van der Waals surface area contributed by atoms with Gasteiger partial charge in [0.15, 0.2) is 0 Å². The molecule has 1 amide bonds. The molecule has 0 fully saturated rings. The molecular formula is C17H17N3O2. The second-order valence-corrected chi connectivity index (χ2v) is 5.14. The van der Waals surface area contributed by atoms with E-state index in [9.17, 15) is 9.90 Å². The number of aromatic nitrogens is 1. The van der Waals surface area contributed by atoms with E-state index in [4.69, 9.17) is 5.73 Å². The Morgan fingerprint density at radius 3 is 2.86 bits per heavy atom. The van der Waals surface area contributed by atoms with Gasteiger partial charge in [0.05, 0.1) is 5.56 Å².